The average molecular weight is 206 g/mol. The van der Waals surface area contributed by atoms with Crippen LogP contribution in [0.4, 0.5) is 0 Å². The minimum absolute atomic E-state index is 0.313. The fourth-order valence-electron chi connectivity index (χ4n) is 1.52. The Hall–Kier alpha value is -1.31. The smallest absolute Gasteiger partial charge is 0.306 e. The molecule has 0 aliphatic rings. The van der Waals surface area contributed by atoms with Crippen LogP contribution in [0.2, 0.25) is 0 Å². The second-order valence-corrected chi connectivity index (χ2v) is 4.34. The maximum absolute atomic E-state index is 10.7. The fraction of sp³-hybridized carbons (Fsp3) is 0.462. The molecule has 0 saturated heterocycles. The van der Waals surface area contributed by atoms with E-state index in [1.165, 1.54) is 5.56 Å². The van der Waals surface area contributed by atoms with E-state index >= 15 is 0 Å². The summed E-state index contributed by atoms with van der Waals surface area (Å²) < 4.78 is 0. The highest BCUT2D eigenvalue weighted by atomic mass is 16.4. The van der Waals surface area contributed by atoms with Crippen LogP contribution in [0.25, 0.3) is 0 Å². The predicted molar refractivity (Wildman–Crippen MR) is 61.0 cm³/mol. The van der Waals surface area contributed by atoms with Gasteiger partial charge in [0.1, 0.15) is 0 Å². The minimum atomic E-state index is -0.732. The van der Waals surface area contributed by atoms with Gasteiger partial charge in [-0.25, -0.2) is 0 Å². The molecule has 0 radical (unpaired) electrons. The van der Waals surface area contributed by atoms with Crippen LogP contribution in [0.5, 0.6) is 0 Å². The highest BCUT2D eigenvalue weighted by Gasteiger charge is 2.11. The molecule has 0 saturated carbocycles. The van der Waals surface area contributed by atoms with E-state index in [1.807, 2.05) is 12.1 Å². The summed E-state index contributed by atoms with van der Waals surface area (Å²) in [7, 11) is 0. The maximum Gasteiger partial charge on any atom is 0.306 e. The lowest BCUT2D eigenvalue weighted by molar-refractivity contribution is -0.141. The summed E-state index contributed by atoms with van der Waals surface area (Å²) in [5.41, 5.74) is 2.38. The Bertz CT molecular complexity index is 342. The molecule has 2 heteroatoms. The van der Waals surface area contributed by atoms with Crippen LogP contribution in [0.15, 0.2) is 24.3 Å². The van der Waals surface area contributed by atoms with Gasteiger partial charge in [0, 0.05) is 0 Å². The third-order valence-corrected chi connectivity index (χ3v) is 2.58. The lowest BCUT2D eigenvalue weighted by atomic mass is 9.96. The van der Waals surface area contributed by atoms with Crippen LogP contribution in [-0.4, -0.2) is 11.1 Å². The third kappa shape index (κ3) is 3.39. The van der Waals surface area contributed by atoms with Gasteiger partial charge in [-0.05, 0) is 23.5 Å². The number of carboxylic acids is 1. The zero-order valence-electron chi connectivity index (χ0n) is 9.53. The zero-order chi connectivity index (χ0) is 11.4. The first kappa shape index (κ1) is 11.8. The maximum atomic E-state index is 10.7. The van der Waals surface area contributed by atoms with Crippen LogP contribution in [0, 0.1) is 5.92 Å². The Labute approximate surface area is 90.9 Å². The topological polar surface area (TPSA) is 37.3 Å². The van der Waals surface area contributed by atoms with Gasteiger partial charge in [-0.1, -0.05) is 45.0 Å². The number of aliphatic carboxylic acids is 1. The van der Waals surface area contributed by atoms with E-state index in [4.69, 9.17) is 5.11 Å². The Morgan fingerprint density at radius 2 is 2.00 bits per heavy atom. The van der Waals surface area contributed by atoms with Gasteiger partial charge in [0.25, 0.3) is 0 Å². The molecular formula is C13H18O2. The first-order valence-electron chi connectivity index (χ1n) is 5.32. The Morgan fingerprint density at radius 3 is 2.53 bits per heavy atom. The normalized spacial score (nSPS) is 12.8. The van der Waals surface area contributed by atoms with E-state index in [9.17, 15) is 4.79 Å². The highest BCUT2D eigenvalue weighted by Crippen LogP contribution is 2.17. The Kier molecular flexibility index (Phi) is 3.89. The van der Waals surface area contributed by atoms with Crippen LogP contribution in [0.3, 0.4) is 0 Å². The molecule has 0 heterocycles. The SMILES string of the molecule is CC(Cc1cccc(C(C)C)c1)C(=O)O. The van der Waals surface area contributed by atoms with E-state index in [1.54, 1.807) is 6.92 Å². The first-order valence-corrected chi connectivity index (χ1v) is 5.32. The van der Waals surface area contributed by atoms with Gasteiger partial charge in [-0.15, -0.1) is 0 Å². The monoisotopic (exact) mass is 206 g/mol. The van der Waals surface area contributed by atoms with Gasteiger partial charge in [-0.2, -0.15) is 0 Å². The minimum Gasteiger partial charge on any atom is -0.481 e. The first-order chi connectivity index (χ1) is 7.00. The number of carbonyl (C=O) groups is 1. The number of carboxylic acid groups (broad SMARTS) is 1. The average Bonchev–Trinajstić information content (AvgIpc) is 2.18. The molecule has 1 unspecified atom stereocenters. The van der Waals surface area contributed by atoms with Crippen LogP contribution < -0.4 is 0 Å². The van der Waals surface area contributed by atoms with Crippen molar-refractivity contribution in [2.45, 2.75) is 33.1 Å². The van der Waals surface area contributed by atoms with Crippen molar-refractivity contribution in [1.29, 1.82) is 0 Å². The lowest BCUT2D eigenvalue weighted by Gasteiger charge is -2.10. The van der Waals surface area contributed by atoms with Gasteiger partial charge < -0.3 is 5.11 Å². The third-order valence-electron chi connectivity index (χ3n) is 2.58. The van der Waals surface area contributed by atoms with E-state index in [2.05, 4.69) is 26.0 Å². The quantitative estimate of drug-likeness (QED) is 0.822. The Morgan fingerprint density at radius 1 is 1.33 bits per heavy atom. The second kappa shape index (κ2) is 4.96. The number of rotatable bonds is 4. The molecule has 15 heavy (non-hydrogen) atoms. The number of hydrogen-bond acceptors (Lipinski definition) is 1. The molecule has 0 spiro atoms. The van der Waals surface area contributed by atoms with Crippen molar-refractivity contribution >= 4 is 5.97 Å². The highest BCUT2D eigenvalue weighted by molar-refractivity contribution is 5.69. The molecule has 0 fully saturated rings. The standard InChI is InChI=1S/C13H18O2/c1-9(2)12-6-4-5-11(8-12)7-10(3)13(14)15/h4-6,8-10H,7H2,1-3H3,(H,14,15). The van der Waals surface area contributed by atoms with E-state index in [-0.39, 0.29) is 5.92 Å². The molecule has 2 nitrogen and oxygen atoms in total. The summed E-state index contributed by atoms with van der Waals surface area (Å²) in [6.45, 7) is 6.02. The molecule has 1 aromatic rings. The number of benzene rings is 1. The summed E-state index contributed by atoms with van der Waals surface area (Å²) in [5, 5.41) is 8.82. The van der Waals surface area contributed by atoms with Gasteiger partial charge >= 0.3 is 5.97 Å². The van der Waals surface area contributed by atoms with E-state index in [0.717, 1.165) is 5.56 Å². The van der Waals surface area contributed by atoms with Crippen LogP contribution in [-0.2, 0) is 11.2 Å². The van der Waals surface area contributed by atoms with Crippen molar-refractivity contribution in [1.82, 2.24) is 0 Å². The summed E-state index contributed by atoms with van der Waals surface area (Å²) in [6, 6.07) is 8.17. The van der Waals surface area contributed by atoms with E-state index in [0.29, 0.717) is 12.3 Å². The number of hydrogen-bond donors (Lipinski definition) is 1. The lowest BCUT2D eigenvalue weighted by Crippen LogP contribution is -2.12. The molecule has 0 amide bonds. The molecule has 1 rings (SSSR count). The van der Waals surface area contributed by atoms with Crippen molar-refractivity contribution in [3.8, 4) is 0 Å². The molecular weight excluding hydrogens is 188 g/mol. The summed E-state index contributed by atoms with van der Waals surface area (Å²) >= 11 is 0. The fourth-order valence-corrected chi connectivity index (χ4v) is 1.52. The van der Waals surface area contributed by atoms with Gasteiger partial charge in [0.05, 0.1) is 5.92 Å². The predicted octanol–water partition coefficient (Wildman–Crippen LogP) is 3.07. The second-order valence-electron chi connectivity index (χ2n) is 4.34. The largest absolute Gasteiger partial charge is 0.481 e. The summed E-state index contributed by atoms with van der Waals surface area (Å²) in [5.74, 6) is -0.553. The van der Waals surface area contributed by atoms with Gasteiger partial charge in [0.2, 0.25) is 0 Å². The summed E-state index contributed by atoms with van der Waals surface area (Å²) in [6.07, 6.45) is 0.607. The van der Waals surface area contributed by atoms with Gasteiger partial charge in [-0.3, -0.25) is 4.79 Å². The molecule has 82 valence electrons. The van der Waals surface area contributed by atoms with E-state index < -0.39 is 5.97 Å². The van der Waals surface area contributed by atoms with Crippen molar-refractivity contribution < 1.29 is 9.90 Å². The van der Waals surface area contributed by atoms with Crippen molar-refractivity contribution in [2.75, 3.05) is 0 Å². The molecule has 0 bridgehead atoms. The summed E-state index contributed by atoms with van der Waals surface area (Å²) in [4.78, 5) is 10.7. The molecule has 0 aromatic heterocycles. The van der Waals surface area contributed by atoms with Crippen LogP contribution >= 0.6 is 0 Å². The molecule has 0 aliphatic heterocycles. The Balaban J connectivity index is 2.78. The van der Waals surface area contributed by atoms with Crippen LogP contribution in [0.1, 0.15) is 37.8 Å². The molecule has 1 N–H and O–H groups in total. The molecule has 1 atom stereocenters. The zero-order valence-corrected chi connectivity index (χ0v) is 9.53. The molecule has 1 aromatic carbocycles. The molecule has 0 aliphatic carbocycles. The van der Waals surface area contributed by atoms with Gasteiger partial charge in [0.15, 0.2) is 0 Å². The van der Waals surface area contributed by atoms with Crippen molar-refractivity contribution in [3.63, 3.8) is 0 Å². The van der Waals surface area contributed by atoms with Crippen molar-refractivity contribution in [3.05, 3.63) is 35.4 Å². The van der Waals surface area contributed by atoms with Crippen molar-refractivity contribution in [2.24, 2.45) is 5.92 Å².